The summed E-state index contributed by atoms with van der Waals surface area (Å²) in [5, 5.41) is 9.68. The number of allylic oxidation sites excluding steroid dienone is 1. The molecule has 1 aliphatic carbocycles. The highest BCUT2D eigenvalue weighted by atomic mass is 19.1. The van der Waals surface area contributed by atoms with Gasteiger partial charge < -0.3 is 0 Å². The Morgan fingerprint density at radius 2 is 1.57 bits per heavy atom. The zero-order valence-corrected chi connectivity index (χ0v) is 11.9. The van der Waals surface area contributed by atoms with E-state index in [9.17, 15) is 9.65 Å². The molecule has 108 valence electrons. The van der Waals surface area contributed by atoms with Gasteiger partial charge in [0, 0.05) is 29.1 Å². The minimum absolute atomic E-state index is 0.381. The van der Waals surface area contributed by atoms with E-state index in [0.29, 0.717) is 11.3 Å². The van der Waals surface area contributed by atoms with Crippen molar-refractivity contribution >= 4 is 11.1 Å². The quantitative estimate of drug-likeness (QED) is 0.505. The first-order valence-electron chi connectivity index (χ1n) is 6.97. The molecule has 0 atom stereocenters. The van der Waals surface area contributed by atoms with E-state index in [0.717, 1.165) is 34.3 Å². The van der Waals surface area contributed by atoms with Crippen LogP contribution < -0.4 is 0 Å². The Labute approximate surface area is 131 Å². The number of halogens is 1. The van der Waals surface area contributed by atoms with Crippen molar-refractivity contribution in [3.05, 3.63) is 77.6 Å². The van der Waals surface area contributed by atoms with Crippen LogP contribution in [-0.2, 0) is 0 Å². The van der Waals surface area contributed by atoms with E-state index in [1.54, 1.807) is 12.4 Å². The van der Waals surface area contributed by atoms with Gasteiger partial charge in [-0.1, -0.05) is 12.1 Å². The minimum atomic E-state index is -0.438. The molecule has 0 spiro atoms. The Bertz CT molecular complexity index is 937. The summed E-state index contributed by atoms with van der Waals surface area (Å²) in [5.41, 5.74) is 4.70. The molecule has 3 aromatic rings. The monoisotopic (exact) mass is 300 g/mol. The molecule has 3 aromatic heterocycles. The highest BCUT2D eigenvalue weighted by molar-refractivity contribution is 6.11. The summed E-state index contributed by atoms with van der Waals surface area (Å²) >= 11 is 0. The van der Waals surface area contributed by atoms with Crippen molar-refractivity contribution in [2.45, 2.75) is 0 Å². The van der Waals surface area contributed by atoms with E-state index >= 15 is 0 Å². The van der Waals surface area contributed by atoms with Gasteiger partial charge in [-0.25, -0.2) is 4.39 Å². The second-order valence-electron chi connectivity index (χ2n) is 5.02. The third-order valence-electron chi connectivity index (χ3n) is 3.72. The van der Waals surface area contributed by atoms with E-state index in [4.69, 9.17) is 0 Å². The Morgan fingerprint density at radius 1 is 0.913 bits per heavy atom. The van der Waals surface area contributed by atoms with Crippen molar-refractivity contribution in [1.29, 1.82) is 5.26 Å². The van der Waals surface area contributed by atoms with Crippen LogP contribution in [0.4, 0.5) is 4.39 Å². The van der Waals surface area contributed by atoms with Crippen LogP contribution in [0.2, 0.25) is 0 Å². The summed E-state index contributed by atoms with van der Waals surface area (Å²) in [7, 11) is 0. The number of pyridine rings is 3. The van der Waals surface area contributed by atoms with Crippen molar-refractivity contribution in [3.8, 4) is 17.5 Å². The molecule has 0 saturated carbocycles. The SMILES string of the molecule is N#CC(=C1c2cccnc2-c2ncccc21)c1ccc(F)cn1. The molecule has 0 amide bonds. The largest absolute Gasteiger partial charge is 0.254 e. The molecule has 0 bridgehead atoms. The van der Waals surface area contributed by atoms with Gasteiger partial charge in [-0.15, -0.1) is 0 Å². The topological polar surface area (TPSA) is 62.5 Å². The number of hydrogen-bond acceptors (Lipinski definition) is 4. The van der Waals surface area contributed by atoms with Gasteiger partial charge in [-0.05, 0) is 24.3 Å². The molecule has 0 fully saturated rings. The molecule has 0 N–H and O–H groups in total. The highest BCUT2D eigenvalue weighted by Gasteiger charge is 2.28. The zero-order chi connectivity index (χ0) is 15.8. The van der Waals surface area contributed by atoms with Crippen LogP contribution >= 0.6 is 0 Å². The fourth-order valence-corrected chi connectivity index (χ4v) is 2.77. The molecular formula is C18H9FN4. The molecule has 3 heterocycles. The third kappa shape index (κ3) is 2.00. The fraction of sp³-hybridized carbons (Fsp3) is 0. The zero-order valence-electron chi connectivity index (χ0n) is 11.9. The number of rotatable bonds is 1. The van der Waals surface area contributed by atoms with Crippen LogP contribution in [0.3, 0.4) is 0 Å². The Hall–Kier alpha value is -3.39. The minimum Gasteiger partial charge on any atom is -0.254 e. The molecule has 1 aliphatic rings. The second-order valence-corrected chi connectivity index (χ2v) is 5.02. The predicted octanol–water partition coefficient (Wildman–Crippen LogP) is 3.47. The summed E-state index contributed by atoms with van der Waals surface area (Å²) in [5.74, 6) is -0.438. The van der Waals surface area contributed by atoms with Crippen LogP contribution in [0, 0.1) is 17.1 Å². The van der Waals surface area contributed by atoms with Gasteiger partial charge in [-0.3, -0.25) is 15.0 Å². The molecular weight excluding hydrogens is 291 g/mol. The van der Waals surface area contributed by atoms with E-state index in [2.05, 4.69) is 21.0 Å². The van der Waals surface area contributed by atoms with E-state index in [-0.39, 0.29) is 0 Å². The average molecular weight is 300 g/mol. The van der Waals surface area contributed by atoms with Crippen LogP contribution in [0.1, 0.15) is 16.8 Å². The first-order valence-corrected chi connectivity index (χ1v) is 6.97. The molecule has 0 radical (unpaired) electrons. The molecule has 4 nitrogen and oxygen atoms in total. The van der Waals surface area contributed by atoms with E-state index in [1.807, 2.05) is 24.3 Å². The Morgan fingerprint density at radius 3 is 2.09 bits per heavy atom. The van der Waals surface area contributed by atoms with Crippen LogP contribution in [0.5, 0.6) is 0 Å². The first-order chi connectivity index (χ1) is 11.3. The molecule has 0 aliphatic heterocycles. The van der Waals surface area contributed by atoms with Gasteiger partial charge in [0.05, 0.1) is 28.9 Å². The maximum atomic E-state index is 13.1. The molecule has 0 unspecified atom stereocenters. The summed E-state index contributed by atoms with van der Waals surface area (Å²) in [6, 6.07) is 12.4. The molecule has 5 heteroatoms. The average Bonchev–Trinajstić information content (AvgIpc) is 2.93. The molecule has 4 rings (SSSR count). The summed E-state index contributed by atoms with van der Waals surface area (Å²) in [6.07, 6.45) is 4.50. The number of aromatic nitrogens is 3. The van der Waals surface area contributed by atoms with Crippen molar-refractivity contribution in [1.82, 2.24) is 15.0 Å². The van der Waals surface area contributed by atoms with Crippen molar-refractivity contribution in [3.63, 3.8) is 0 Å². The Balaban J connectivity index is 2.07. The van der Waals surface area contributed by atoms with Gasteiger partial charge in [0.25, 0.3) is 0 Å². The van der Waals surface area contributed by atoms with Crippen molar-refractivity contribution in [2.75, 3.05) is 0 Å². The van der Waals surface area contributed by atoms with Gasteiger partial charge in [0.15, 0.2) is 0 Å². The highest BCUT2D eigenvalue weighted by Crippen LogP contribution is 2.44. The normalized spacial score (nSPS) is 11.6. The molecule has 0 aromatic carbocycles. The van der Waals surface area contributed by atoms with E-state index < -0.39 is 5.82 Å². The Kier molecular flexibility index (Phi) is 2.95. The van der Waals surface area contributed by atoms with Gasteiger partial charge in [0.2, 0.25) is 0 Å². The van der Waals surface area contributed by atoms with Crippen molar-refractivity contribution in [2.24, 2.45) is 0 Å². The summed E-state index contributed by atoms with van der Waals surface area (Å²) < 4.78 is 13.1. The predicted molar refractivity (Wildman–Crippen MR) is 83.2 cm³/mol. The number of hydrogen-bond donors (Lipinski definition) is 0. The number of nitrogens with zero attached hydrogens (tertiary/aromatic N) is 4. The fourth-order valence-electron chi connectivity index (χ4n) is 2.77. The standard InChI is InChI=1S/C18H9FN4/c19-11-5-6-15(23-10-11)14(9-20)16-12-3-1-7-21-17(12)18-13(16)4-2-8-22-18/h1-8,10H. The summed E-state index contributed by atoms with van der Waals surface area (Å²) in [6.45, 7) is 0. The third-order valence-corrected chi connectivity index (χ3v) is 3.72. The second kappa shape index (κ2) is 5.11. The number of nitriles is 1. The maximum absolute atomic E-state index is 13.1. The summed E-state index contributed by atoms with van der Waals surface area (Å²) in [4.78, 5) is 12.8. The molecule has 23 heavy (non-hydrogen) atoms. The maximum Gasteiger partial charge on any atom is 0.141 e. The first kappa shape index (κ1) is 13.3. The van der Waals surface area contributed by atoms with E-state index in [1.165, 1.54) is 12.1 Å². The van der Waals surface area contributed by atoms with Crippen LogP contribution in [-0.4, -0.2) is 15.0 Å². The van der Waals surface area contributed by atoms with Crippen molar-refractivity contribution < 1.29 is 4.39 Å². The van der Waals surface area contributed by atoms with Crippen LogP contribution in [0.15, 0.2) is 55.0 Å². The van der Waals surface area contributed by atoms with Gasteiger partial charge in [0.1, 0.15) is 11.9 Å². The lowest BCUT2D eigenvalue weighted by atomic mass is 9.97. The molecule has 0 saturated heterocycles. The van der Waals surface area contributed by atoms with Gasteiger partial charge >= 0.3 is 0 Å². The smallest absolute Gasteiger partial charge is 0.141 e. The lowest BCUT2D eigenvalue weighted by molar-refractivity contribution is 0.621. The lowest BCUT2D eigenvalue weighted by Gasteiger charge is -2.06. The lowest BCUT2D eigenvalue weighted by Crippen LogP contribution is -1.93. The van der Waals surface area contributed by atoms with Gasteiger partial charge in [-0.2, -0.15) is 5.26 Å². The number of fused-ring (bicyclic) bond motifs is 3. The van der Waals surface area contributed by atoms with Crippen LogP contribution in [0.25, 0.3) is 22.5 Å².